The minimum absolute atomic E-state index is 0. The van der Waals surface area contributed by atoms with Crippen molar-refractivity contribution in [2.24, 2.45) is 5.73 Å². The molecule has 1 aromatic rings. The molecule has 0 bridgehead atoms. The van der Waals surface area contributed by atoms with Crippen LogP contribution in [0.25, 0.3) is 0 Å². The summed E-state index contributed by atoms with van der Waals surface area (Å²) >= 11 is 0. The third-order valence-electron chi connectivity index (χ3n) is 4.11. The molecule has 0 aliphatic heterocycles. The molecular weight excluding hydrogens is 316 g/mol. The van der Waals surface area contributed by atoms with Crippen LogP contribution in [0.15, 0.2) is 24.3 Å². The number of nitrogens with zero attached hydrogens (tertiary/aromatic N) is 1. The summed E-state index contributed by atoms with van der Waals surface area (Å²) in [6.07, 6.45) is 4.03. The highest BCUT2D eigenvalue weighted by molar-refractivity contribution is 5.97. The first-order valence-electron chi connectivity index (χ1n) is 7.57. The van der Waals surface area contributed by atoms with Crippen molar-refractivity contribution in [2.75, 3.05) is 26.0 Å². The zero-order chi connectivity index (χ0) is 16.2. The number of rotatable bonds is 4. The Bertz CT molecular complexity index is 557. The van der Waals surface area contributed by atoms with Crippen LogP contribution in [0.3, 0.4) is 0 Å². The molecule has 0 unspecified atom stereocenters. The molecule has 0 atom stereocenters. The molecule has 1 saturated carbocycles. The Hall–Kier alpha value is -1.79. The van der Waals surface area contributed by atoms with E-state index in [1.807, 2.05) is 0 Å². The number of nitrogens with two attached hydrogens (primary N) is 1. The molecular formula is C16H25ClN4O2. The molecule has 1 aromatic carbocycles. The van der Waals surface area contributed by atoms with Gasteiger partial charge in [0.15, 0.2) is 0 Å². The van der Waals surface area contributed by atoms with Gasteiger partial charge in [-0.2, -0.15) is 0 Å². The Balaban J connectivity index is 0.00000264. The number of carbonyl (C=O) groups excluding carboxylic acids is 2. The van der Waals surface area contributed by atoms with Gasteiger partial charge in [-0.3, -0.25) is 4.79 Å². The van der Waals surface area contributed by atoms with E-state index in [1.165, 1.54) is 4.90 Å². The van der Waals surface area contributed by atoms with E-state index in [2.05, 4.69) is 10.6 Å². The molecule has 1 fully saturated rings. The van der Waals surface area contributed by atoms with E-state index in [1.54, 1.807) is 38.4 Å². The molecule has 0 heterocycles. The highest BCUT2D eigenvalue weighted by atomic mass is 35.5. The number of hydrogen-bond acceptors (Lipinski definition) is 3. The summed E-state index contributed by atoms with van der Waals surface area (Å²) in [6.45, 7) is 0.454. The van der Waals surface area contributed by atoms with Crippen molar-refractivity contribution >= 4 is 30.0 Å². The number of carbonyl (C=O) groups is 2. The summed E-state index contributed by atoms with van der Waals surface area (Å²) < 4.78 is 0. The second kappa shape index (κ2) is 8.17. The van der Waals surface area contributed by atoms with E-state index in [0.29, 0.717) is 17.8 Å². The lowest BCUT2D eigenvalue weighted by atomic mass is 9.97. The van der Waals surface area contributed by atoms with Gasteiger partial charge in [0.25, 0.3) is 5.91 Å². The molecule has 0 aromatic heterocycles. The number of hydrogen-bond donors (Lipinski definition) is 3. The van der Waals surface area contributed by atoms with E-state index in [0.717, 1.165) is 25.7 Å². The van der Waals surface area contributed by atoms with Crippen molar-refractivity contribution in [3.63, 3.8) is 0 Å². The van der Waals surface area contributed by atoms with Crippen LogP contribution in [-0.4, -0.2) is 43.0 Å². The van der Waals surface area contributed by atoms with Gasteiger partial charge in [-0.25, -0.2) is 4.79 Å². The normalized spacial score (nSPS) is 15.4. The maximum Gasteiger partial charge on any atom is 0.321 e. The van der Waals surface area contributed by atoms with Crippen LogP contribution >= 0.6 is 12.4 Å². The van der Waals surface area contributed by atoms with Crippen molar-refractivity contribution in [3.8, 4) is 0 Å². The van der Waals surface area contributed by atoms with Crippen LogP contribution < -0.4 is 16.4 Å². The summed E-state index contributed by atoms with van der Waals surface area (Å²) in [6, 6.07) is 6.69. The van der Waals surface area contributed by atoms with E-state index < -0.39 is 0 Å². The minimum atomic E-state index is -0.278. The number of amides is 3. The van der Waals surface area contributed by atoms with Crippen molar-refractivity contribution in [1.82, 2.24) is 10.2 Å². The largest absolute Gasteiger partial charge is 0.345 e. The van der Waals surface area contributed by atoms with E-state index in [4.69, 9.17) is 5.73 Å². The summed E-state index contributed by atoms with van der Waals surface area (Å²) in [5.74, 6) is -0.145. The van der Waals surface area contributed by atoms with Crippen LogP contribution in [0, 0.1) is 0 Å². The Morgan fingerprint density at radius 2 is 1.91 bits per heavy atom. The van der Waals surface area contributed by atoms with Crippen LogP contribution in [0.2, 0.25) is 0 Å². The molecule has 1 aliphatic carbocycles. The number of nitrogens with one attached hydrogen (secondary N) is 2. The maximum atomic E-state index is 12.4. The molecule has 0 spiro atoms. The number of halogens is 1. The lowest BCUT2D eigenvalue weighted by Gasteiger charge is -2.28. The molecule has 0 saturated heterocycles. The first-order chi connectivity index (χ1) is 10.5. The summed E-state index contributed by atoms with van der Waals surface area (Å²) in [5.41, 5.74) is 6.69. The van der Waals surface area contributed by atoms with Crippen molar-refractivity contribution in [2.45, 2.75) is 31.2 Å². The lowest BCUT2D eigenvalue weighted by molar-refractivity contribution is 0.0903. The predicted molar refractivity (Wildman–Crippen MR) is 94.1 cm³/mol. The molecule has 0 radical (unpaired) electrons. The fourth-order valence-electron chi connectivity index (χ4n) is 2.72. The minimum Gasteiger partial charge on any atom is -0.345 e. The molecule has 23 heavy (non-hydrogen) atoms. The Morgan fingerprint density at radius 3 is 2.48 bits per heavy atom. The molecule has 6 nitrogen and oxygen atoms in total. The Kier molecular flexibility index (Phi) is 6.84. The zero-order valence-corrected chi connectivity index (χ0v) is 14.4. The van der Waals surface area contributed by atoms with Crippen LogP contribution in [0.1, 0.15) is 36.0 Å². The Morgan fingerprint density at radius 1 is 1.26 bits per heavy atom. The molecule has 2 rings (SSSR count). The van der Waals surface area contributed by atoms with Gasteiger partial charge in [-0.1, -0.05) is 18.9 Å². The fraction of sp³-hybridized carbons (Fsp3) is 0.500. The van der Waals surface area contributed by atoms with Gasteiger partial charge in [0.05, 0.1) is 5.54 Å². The summed E-state index contributed by atoms with van der Waals surface area (Å²) in [4.78, 5) is 25.6. The van der Waals surface area contributed by atoms with Gasteiger partial charge in [-0.05, 0) is 31.0 Å². The first kappa shape index (κ1) is 19.3. The third kappa shape index (κ3) is 4.84. The summed E-state index contributed by atoms with van der Waals surface area (Å²) in [7, 11) is 3.33. The van der Waals surface area contributed by atoms with Crippen LogP contribution in [0.5, 0.6) is 0 Å². The zero-order valence-electron chi connectivity index (χ0n) is 13.6. The van der Waals surface area contributed by atoms with Crippen molar-refractivity contribution in [3.05, 3.63) is 29.8 Å². The molecule has 1 aliphatic rings. The SMILES string of the molecule is CN(C)C(=O)Nc1cccc(C(=O)NC2(CN)CCCC2)c1.Cl. The van der Waals surface area contributed by atoms with Crippen LogP contribution in [0.4, 0.5) is 10.5 Å². The summed E-state index contributed by atoms with van der Waals surface area (Å²) in [5, 5.41) is 5.81. The molecule has 7 heteroatoms. The monoisotopic (exact) mass is 340 g/mol. The van der Waals surface area contributed by atoms with E-state index >= 15 is 0 Å². The molecule has 3 amide bonds. The van der Waals surface area contributed by atoms with Gasteiger partial charge >= 0.3 is 6.03 Å². The lowest BCUT2D eigenvalue weighted by Crippen LogP contribution is -2.51. The van der Waals surface area contributed by atoms with Gasteiger partial charge < -0.3 is 21.3 Å². The highest BCUT2D eigenvalue weighted by Crippen LogP contribution is 2.29. The average Bonchev–Trinajstić information content (AvgIpc) is 2.96. The van der Waals surface area contributed by atoms with E-state index in [9.17, 15) is 9.59 Å². The number of anilines is 1. The predicted octanol–water partition coefficient (Wildman–Crippen LogP) is 2.20. The second-order valence-electron chi connectivity index (χ2n) is 6.05. The number of urea groups is 1. The highest BCUT2D eigenvalue weighted by Gasteiger charge is 2.34. The third-order valence-corrected chi connectivity index (χ3v) is 4.11. The van der Waals surface area contributed by atoms with Crippen molar-refractivity contribution in [1.29, 1.82) is 0 Å². The standard InChI is InChI=1S/C16H24N4O2.ClH/c1-20(2)15(22)18-13-7-5-6-12(10-13)14(21)19-16(11-17)8-3-4-9-16;/h5-7,10H,3-4,8-9,11,17H2,1-2H3,(H,18,22)(H,19,21);1H. The average molecular weight is 341 g/mol. The fourth-order valence-corrected chi connectivity index (χ4v) is 2.72. The smallest absolute Gasteiger partial charge is 0.321 e. The molecule has 4 N–H and O–H groups in total. The molecule has 128 valence electrons. The van der Waals surface area contributed by atoms with Gasteiger partial charge in [0.2, 0.25) is 0 Å². The number of benzene rings is 1. The van der Waals surface area contributed by atoms with Crippen LogP contribution in [-0.2, 0) is 0 Å². The second-order valence-corrected chi connectivity index (χ2v) is 6.05. The topological polar surface area (TPSA) is 87.5 Å². The van der Waals surface area contributed by atoms with Gasteiger partial charge in [0.1, 0.15) is 0 Å². The maximum absolute atomic E-state index is 12.4. The quantitative estimate of drug-likeness (QED) is 0.785. The van der Waals surface area contributed by atoms with Gasteiger partial charge in [-0.15, -0.1) is 12.4 Å². The Labute approximate surface area is 143 Å². The van der Waals surface area contributed by atoms with Gasteiger partial charge in [0, 0.05) is 31.9 Å². The first-order valence-corrected chi connectivity index (χ1v) is 7.57. The van der Waals surface area contributed by atoms with Crippen molar-refractivity contribution < 1.29 is 9.59 Å². The van der Waals surface area contributed by atoms with E-state index in [-0.39, 0.29) is 29.9 Å².